The molecule has 0 radical (unpaired) electrons. The molecule has 33 heavy (non-hydrogen) atoms. The van der Waals surface area contributed by atoms with E-state index in [1.54, 1.807) is 6.07 Å². The van der Waals surface area contributed by atoms with Crippen LogP contribution in [0.5, 0.6) is 0 Å². The van der Waals surface area contributed by atoms with Crippen molar-refractivity contribution >= 4 is 22.7 Å². The molecule has 6 nitrogen and oxygen atoms in total. The van der Waals surface area contributed by atoms with E-state index in [1.165, 1.54) is 12.1 Å². The molecule has 5 rings (SSSR count). The van der Waals surface area contributed by atoms with Crippen LogP contribution in [0.15, 0.2) is 48.4 Å². The van der Waals surface area contributed by atoms with Gasteiger partial charge in [-0.25, -0.2) is 4.39 Å². The minimum Gasteiger partial charge on any atom is -0.482 e. The number of benzene rings is 1. The molecule has 2 N–H and O–H groups in total. The maximum atomic E-state index is 13.6. The molecular formula is C26H28FN3O3. The molecule has 2 aromatic rings. The molecule has 0 unspecified atom stereocenters. The fraction of sp³-hybridized carbons (Fsp3) is 0.385. The SMILES string of the molecule is CC1(C)OC(=C2C(=O)Nc3cc(F)ccc32)C=C1c1ccc(CCN2CCC(O)CC2)nc1. The van der Waals surface area contributed by atoms with Crippen LogP contribution < -0.4 is 5.32 Å². The highest BCUT2D eigenvalue weighted by molar-refractivity contribution is 6.32. The van der Waals surface area contributed by atoms with Gasteiger partial charge in [-0.15, -0.1) is 0 Å². The van der Waals surface area contributed by atoms with Crippen molar-refractivity contribution in [3.8, 4) is 0 Å². The number of anilines is 1. The molecular weight excluding hydrogens is 421 g/mol. The van der Waals surface area contributed by atoms with Gasteiger partial charge in [0.05, 0.1) is 17.4 Å². The summed E-state index contributed by atoms with van der Waals surface area (Å²) in [5.41, 5.74) is 3.79. The first kappa shape index (κ1) is 21.8. The summed E-state index contributed by atoms with van der Waals surface area (Å²) >= 11 is 0. The van der Waals surface area contributed by atoms with E-state index in [1.807, 2.05) is 38.3 Å². The van der Waals surface area contributed by atoms with Crippen molar-refractivity contribution in [3.63, 3.8) is 0 Å². The standard InChI is InChI=1S/C26H28FN3O3/c1-26(2)21(14-23(33-26)24-20-6-4-17(27)13-22(20)29-25(24)32)16-3-5-18(28-15-16)7-10-30-11-8-19(31)9-12-30/h3-6,13-15,19,31H,7-12H2,1-2H3,(H,29,32). The van der Waals surface area contributed by atoms with Crippen LogP contribution in [0.4, 0.5) is 10.1 Å². The Morgan fingerprint density at radius 1 is 1.24 bits per heavy atom. The number of fused-ring (bicyclic) bond motifs is 1. The summed E-state index contributed by atoms with van der Waals surface area (Å²) in [6.45, 7) is 6.71. The number of carbonyl (C=O) groups is 1. The van der Waals surface area contributed by atoms with Crippen molar-refractivity contribution in [1.82, 2.24) is 9.88 Å². The number of aliphatic hydroxyl groups excluding tert-OH is 1. The number of allylic oxidation sites excluding steroid dienone is 1. The summed E-state index contributed by atoms with van der Waals surface area (Å²) in [6, 6.07) is 8.35. The second-order valence-corrected chi connectivity index (χ2v) is 9.41. The van der Waals surface area contributed by atoms with Crippen molar-refractivity contribution in [2.75, 3.05) is 25.0 Å². The normalized spacial score (nSPS) is 22.7. The zero-order valence-corrected chi connectivity index (χ0v) is 18.9. The minimum absolute atomic E-state index is 0.159. The third-order valence-electron chi connectivity index (χ3n) is 6.64. The molecule has 0 aliphatic carbocycles. The molecule has 1 saturated heterocycles. The molecule has 0 bridgehead atoms. The van der Waals surface area contributed by atoms with E-state index in [0.29, 0.717) is 22.6 Å². The van der Waals surface area contributed by atoms with Gasteiger partial charge in [0, 0.05) is 54.6 Å². The Balaban J connectivity index is 1.36. The van der Waals surface area contributed by atoms with Crippen LogP contribution in [0.2, 0.25) is 0 Å². The Kier molecular flexibility index (Phi) is 5.54. The predicted molar refractivity (Wildman–Crippen MR) is 125 cm³/mol. The van der Waals surface area contributed by atoms with Crippen molar-refractivity contribution in [2.45, 2.75) is 44.8 Å². The number of pyridine rings is 1. The number of ether oxygens (including phenoxy) is 1. The third kappa shape index (κ3) is 4.30. The van der Waals surface area contributed by atoms with Gasteiger partial charge in [-0.2, -0.15) is 0 Å². The molecule has 7 heteroatoms. The Labute approximate surface area is 192 Å². The number of rotatable bonds is 4. The largest absolute Gasteiger partial charge is 0.482 e. The van der Waals surface area contributed by atoms with E-state index >= 15 is 0 Å². The van der Waals surface area contributed by atoms with Gasteiger partial charge in [0.25, 0.3) is 5.91 Å². The Hall–Kier alpha value is -3.03. The fourth-order valence-electron chi connectivity index (χ4n) is 4.76. The molecule has 3 aliphatic heterocycles. The van der Waals surface area contributed by atoms with Crippen LogP contribution in [0.25, 0.3) is 11.1 Å². The highest BCUT2D eigenvalue weighted by Gasteiger charge is 2.38. The number of halogens is 1. The van der Waals surface area contributed by atoms with Crippen molar-refractivity contribution < 1.29 is 19.0 Å². The van der Waals surface area contributed by atoms with Gasteiger partial charge in [0.15, 0.2) is 0 Å². The summed E-state index contributed by atoms with van der Waals surface area (Å²) < 4.78 is 19.8. The van der Waals surface area contributed by atoms with E-state index in [2.05, 4.69) is 15.2 Å². The number of piperidine rings is 1. The molecule has 1 fully saturated rings. The number of hydrogen-bond donors (Lipinski definition) is 2. The minimum atomic E-state index is -0.636. The first-order valence-corrected chi connectivity index (χ1v) is 11.4. The number of nitrogens with one attached hydrogen (secondary N) is 1. The quantitative estimate of drug-likeness (QED) is 0.695. The van der Waals surface area contributed by atoms with Crippen LogP contribution in [0, 0.1) is 5.82 Å². The second-order valence-electron chi connectivity index (χ2n) is 9.41. The first-order chi connectivity index (χ1) is 15.8. The zero-order chi connectivity index (χ0) is 23.2. The van der Waals surface area contributed by atoms with Crippen molar-refractivity contribution in [1.29, 1.82) is 0 Å². The second kappa shape index (κ2) is 8.39. The number of nitrogens with zero attached hydrogens (tertiary/aromatic N) is 2. The van der Waals surface area contributed by atoms with Crippen molar-refractivity contribution in [2.24, 2.45) is 0 Å². The topological polar surface area (TPSA) is 74.7 Å². The number of likely N-dealkylation sites (tertiary alicyclic amines) is 1. The molecule has 1 amide bonds. The number of aliphatic hydroxyl groups is 1. The van der Waals surface area contributed by atoms with Crippen LogP contribution >= 0.6 is 0 Å². The van der Waals surface area contributed by atoms with Gasteiger partial charge < -0.3 is 20.1 Å². The van der Waals surface area contributed by atoms with Gasteiger partial charge in [0.2, 0.25) is 0 Å². The van der Waals surface area contributed by atoms with Crippen molar-refractivity contribution in [3.05, 3.63) is 71.0 Å². The first-order valence-electron chi connectivity index (χ1n) is 11.4. The molecule has 0 spiro atoms. The molecule has 4 heterocycles. The molecule has 3 aliphatic rings. The lowest BCUT2D eigenvalue weighted by atomic mass is 9.93. The van der Waals surface area contributed by atoms with Crippen LogP contribution in [0.3, 0.4) is 0 Å². The van der Waals surface area contributed by atoms with E-state index in [-0.39, 0.29) is 12.0 Å². The van der Waals surface area contributed by atoms with E-state index < -0.39 is 11.4 Å². The summed E-state index contributed by atoms with van der Waals surface area (Å²) in [6.07, 6.45) is 6.13. The van der Waals surface area contributed by atoms with Crippen LogP contribution in [-0.4, -0.2) is 52.2 Å². The van der Waals surface area contributed by atoms with E-state index in [9.17, 15) is 14.3 Å². The zero-order valence-electron chi connectivity index (χ0n) is 18.9. The molecule has 1 aromatic heterocycles. The summed E-state index contributed by atoms with van der Waals surface area (Å²) in [4.78, 5) is 19.6. The average Bonchev–Trinajstić information content (AvgIpc) is 3.27. The highest BCUT2D eigenvalue weighted by atomic mass is 19.1. The lowest BCUT2D eigenvalue weighted by molar-refractivity contribution is -0.111. The molecule has 0 saturated carbocycles. The molecule has 0 atom stereocenters. The maximum Gasteiger partial charge on any atom is 0.260 e. The van der Waals surface area contributed by atoms with E-state index in [4.69, 9.17) is 4.74 Å². The van der Waals surface area contributed by atoms with Gasteiger partial charge in [-0.1, -0.05) is 6.07 Å². The Morgan fingerprint density at radius 2 is 2.03 bits per heavy atom. The fourth-order valence-corrected chi connectivity index (χ4v) is 4.76. The third-order valence-corrected chi connectivity index (χ3v) is 6.64. The number of aromatic nitrogens is 1. The van der Waals surface area contributed by atoms with Gasteiger partial charge in [-0.05, 0) is 57.0 Å². The lowest BCUT2D eigenvalue weighted by Crippen LogP contribution is -2.37. The smallest absolute Gasteiger partial charge is 0.260 e. The van der Waals surface area contributed by atoms with Gasteiger partial charge in [-0.3, -0.25) is 9.78 Å². The van der Waals surface area contributed by atoms with Gasteiger partial charge in [0.1, 0.15) is 17.2 Å². The monoisotopic (exact) mass is 449 g/mol. The average molecular weight is 450 g/mol. The summed E-state index contributed by atoms with van der Waals surface area (Å²) in [7, 11) is 0. The highest BCUT2D eigenvalue weighted by Crippen LogP contribution is 2.44. The van der Waals surface area contributed by atoms with Crippen LogP contribution in [-0.2, 0) is 16.0 Å². The number of carbonyl (C=O) groups excluding carboxylic acids is 1. The van der Waals surface area contributed by atoms with Gasteiger partial charge >= 0.3 is 0 Å². The summed E-state index contributed by atoms with van der Waals surface area (Å²) in [5, 5.41) is 12.4. The predicted octanol–water partition coefficient (Wildman–Crippen LogP) is 3.78. The van der Waals surface area contributed by atoms with Crippen LogP contribution in [0.1, 0.15) is 43.5 Å². The number of amides is 1. The number of hydrogen-bond acceptors (Lipinski definition) is 5. The Bertz CT molecular complexity index is 1150. The van der Waals surface area contributed by atoms with E-state index in [0.717, 1.165) is 55.7 Å². The maximum absolute atomic E-state index is 13.6. The Morgan fingerprint density at radius 3 is 2.76 bits per heavy atom. The lowest BCUT2D eigenvalue weighted by Gasteiger charge is -2.29. The summed E-state index contributed by atoms with van der Waals surface area (Å²) in [5.74, 6) is -0.208. The molecule has 1 aromatic carbocycles. The molecule has 172 valence electrons.